The van der Waals surface area contributed by atoms with Crippen LogP contribution in [0.3, 0.4) is 0 Å². The monoisotopic (exact) mass is 250 g/mol. The van der Waals surface area contributed by atoms with E-state index in [1.165, 1.54) is 0 Å². The van der Waals surface area contributed by atoms with Crippen molar-refractivity contribution in [1.82, 2.24) is 9.88 Å². The van der Waals surface area contributed by atoms with Crippen molar-refractivity contribution in [2.45, 2.75) is 52.7 Å². The maximum absolute atomic E-state index is 9.22. The molecular formula is C15H26N2O. The molecule has 0 radical (unpaired) electrons. The van der Waals surface area contributed by atoms with Crippen LogP contribution in [0.2, 0.25) is 0 Å². The molecule has 0 aliphatic rings. The van der Waals surface area contributed by atoms with E-state index in [0.29, 0.717) is 0 Å². The molecule has 3 nitrogen and oxygen atoms in total. The Balaban J connectivity index is 2.33. The van der Waals surface area contributed by atoms with Crippen LogP contribution in [0.4, 0.5) is 0 Å². The molecule has 18 heavy (non-hydrogen) atoms. The maximum atomic E-state index is 9.22. The Kier molecular flexibility index (Phi) is 6.91. The van der Waals surface area contributed by atoms with Crippen molar-refractivity contribution in [2.75, 3.05) is 13.1 Å². The average molecular weight is 250 g/mol. The molecule has 1 unspecified atom stereocenters. The Morgan fingerprint density at radius 3 is 2.72 bits per heavy atom. The molecule has 1 N–H and O–H groups in total. The standard InChI is InChI=1S/C15H26N2O/c1-4-17(11-6-5-9-14(3)18)12-15-10-7-8-13(2)16-15/h7-8,10,14,18H,4-6,9,11-12H2,1-3H3. The highest BCUT2D eigenvalue weighted by atomic mass is 16.3. The molecule has 102 valence electrons. The number of nitrogens with zero attached hydrogens (tertiary/aromatic N) is 2. The quantitative estimate of drug-likeness (QED) is 0.721. The van der Waals surface area contributed by atoms with E-state index in [-0.39, 0.29) is 6.10 Å². The predicted octanol–water partition coefficient (Wildman–Crippen LogP) is 2.76. The highest BCUT2D eigenvalue weighted by Gasteiger charge is 2.05. The Morgan fingerprint density at radius 1 is 1.33 bits per heavy atom. The minimum Gasteiger partial charge on any atom is -0.393 e. The summed E-state index contributed by atoms with van der Waals surface area (Å²) in [6.45, 7) is 9.12. The van der Waals surface area contributed by atoms with Gasteiger partial charge < -0.3 is 5.11 Å². The van der Waals surface area contributed by atoms with Crippen molar-refractivity contribution < 1.29 is 5.11 Å². The Morgan fingerprint density at radius 2 is 2.11 bits per heavy atom. The zero-order valence-corrected chi connectivity index (χ0v) is 11.9. The lowest BCUT2D eigenvalue weighted by molar-refractivity contribution is 0.176. The summed E-state index contributed by atoms with van der Waals surface area (Å²) in [5, 5.41) is 9.22. The molecule has 1 aromatic heterocycles. The minimum absolute atomic E-state index is 0.168. The molecule has 1 aromatic rings. The van der Waals surface area contributed by atoms with Crippen molar-refractivity contribution in [3.8, 4) is 0 Å². The van der Waals surface area contributed by atoms with Crippen molar-refractivity contribution in [3.63, 3.8) is 0 Å². The van der Waals surface area contributed by atoms with Crippen LogP contribution < -0.4 is 0 Å². The van der Waals surface area contributed by atoms with Gasteiger partial charge in [0.25, 0.3) is 0 Å². The summed E-state index contributed by atoms with van der Waals surface area (Å²) in [6.07, 6.45) is 2.97. The highest BCUT2D eigenvalue weighted by molar-refractivity contribution is 5.09. The summed E-state index contributed by atoms with van der Waals surface area (Å²) in [5.74, 6) is 0. The number of pyridine rings is 1. The van der Waals surface area contributed by atoms with Crippen LogP contribution in [0.15, 0.2) is 18.2 Å². The van der Waals surface area contributed by atoms with Gasteiger partial charge in [0.2, 0.25) is 0 Å². The van der Waals surface area contributed by atoms with Gasteiger partial charge in [0.05, 0.1) is 11.8 Å². The topological polar surface area (TPSA) is 36.4 Å². The Bertz CT molecular complexity index is 339. The zero-order valence-electron chi connectivity index (χ0n) is 11.9. The van der Waals surface area contributed by atoms with Gasteiger partial charge in [0, 0.05) is 12.2 Å². The third-order valence-electron chi connectivity index (χ3n) is 3.13. The number of rotatable bonds is 8. The van der Waals surface area contributed by atoms with Crippen LogP contribution in [0.1, 0.15) is 44.5 Å². The molecule has 0 saturated carbocycles. The summed E-state index contributed by atoms with van der Waals surface area (Å²) in [4.78, 5) is 6.94. The lowest BCUT2D eigenvalue weighted by Gasteiger charge is -2.20. The second-order valence-electron chi connectivity index (χ2n) is 4.98. The zero-order chi connectivity index (χ0) is 13.4. The average Bonchev–Trinajstić information content (AvgIpc) is 2.33. The van der Waals surface area contributed by atoms with Gasteiger partial charge in [0.15, 0.2) is 0 Å². The summed E-state index contributed by atoms with van der Waals surface area (Å²) >= 11 is 0. The third kappa shape index (κ3) is 6.12. The number of aromatic nitrogens is 1. The van der Waals surface area contributed by atoms with Crippen molar-refractivity contribution >= 4 is 0 Å². The van der Waals surface area contributed by atoms with Crippen LogP contribution in [0.5, 0.6) is 0 Å². The number of aliphatic hydroxyl groups is 1. The summed E-state index contributed by atoms with van der Waals surface area (Å²) in [6, 6.07) is 6.19. The van der Waals surface area contributed by atoms with E-state index < -0.39 is 0 Å². The van der Waals surface area contributed by atoms with E-state index in [1.54, 1.807) is 0 Å². The largest absolute Gasteiger partial charge is 0.393 e. The van der Waals surface area contributed by atoms with Gasteiger partial charge in [-0.05, 0) is 58.3 Å². The molecule has 0 aromatic carbocycles. The van der Waals surface area contributed by atoms with E-state index in [0.717, 1.165) is 50.3 Å². The number of unbranched alkanes of at least 4 members (excludes halogenated alkanes) is 1. The van der Waals surface area contributed by atoms with E-state index in [1.807, 2.05) is 19.9 Å². The van der Waals surface area contributed by atoms with Gasteiger partial charge in [-0.1, -0.05) is 13.0 Å². The van der Waals surface area contributed by atoms with Gasteiger partial charge in [-0.3, -0.25) is 9.88 Å². The molecule has 0 bridgehead atoms. The van der Waals surface area contributed by atoms with E-state index >= 15 is 0 Å². The summed E-state index contributed by atoms with van der Waals surface area (Å²) < 4.78 is 0. The van der Waals surface area contributed by atoms with Gasteiger partial charge in [-0.2, -0.15) is 0 Å². The Hall–Kier alpha value is -0.930. The first kappa shape index (κ1) is 15.1. The fourth-order valence-corrected chi connectivity index (χ4v) is 2.04. The smallest absolute Gasteiger partial charge is 0.0547 e. The number of aryl methyl sites for hydroxylation is 1. The minimum atomic E-state index is -0.168. The maximum Gasteiger partial charge on any atom is 0.0547 e. The second kappa shape index (κ2) is 8.22. The molecule has 1 atom stereocenters. The van der Waals surface area contributed by atoms with Crippen LogP contribution in [0.25, 0.3) is 0 Å². The molecule has 0 amide bonds. The number of hydrogen-bond acceptors (Lipinski definition) is 3. The Labute approximate surface area is 111 Å². The van der Waals surface area contributed by atoms with E-state index in [2.05, 4.69) is 28.9 Å². The predicted molar refractivity (Wildman–Crippen MR) is 75.5 cm³/mol. The molecule has 3 heteroatoms. The lowest BCUT2D eigenvalue weighted by Crippen LogP contribution is -2.24. The van der Waals surface area contributed by atoms with Crippen LogP contribution >= 0.6 is 0 Å². The summed E-state index contributed by atoms with van der Waals surface area (Å²) in [5.41, 5.74) is 2.23. The van der Waals surface area contributed by atoms with E-state index in [9.17, 15) is 5.11 Å². The van der Waals surface area contributed by atoms with Crippen molar-refractivity contribution in [1.29, 1.82) is 0 Å². The molecule has 1 rings (SSSR count). The fourth-order valence-electron chi connectivity index (χ4n) is 2.04. The van der Waals surface area contributed by atoms with Gasteiger partial charge in [0.1, 0.15) is 0 Å². The van der Waals surface area contributed by atoms with Crippen LogP contribution in [-0.2, 0) is 6.54 Å². The summed E-state index contributed by atoms with van der Waals surface area (Å²) in [7, 11) is 0. The van der Waals surface area contributed by atoms with Gasteiger partial charge >= 0.3 is 0 Å². The first-order chi connectivity index (χ1) is 8.61. The molecular weight excluding hydrogens is 224 g/mol. The molecule has 0 spiro atoms. The SMILES string of the molecule is CCN(CCCCC(C)O)Cc1cccc(C)n1. The molecule has 0 aliphatic carbocycles. The van der Waals surface area contributed by atoms with E-state index in [4.69, 9.17) is 0 Å². The van der Waals surface area contributed by atoms with Crippen LogP contribution in [0, 0.1) is 6.92 Å². The fraction of sp³-hybridized carbons (Fsp3) is 0.667. The number of hydrogen-bond donors (Lipinski definition) is 1. The third-order valence-corrected chi connectivity index (χ3v) is 3.13. The van der Waals surface area contributed by atoms with Crippen molar-refractivity contribution in [2.24, 2.45) is 0 Å². The van der Waals surface area contributed by atoms with Gasteiger partial charge in [-0.25, -0.2) is 0 Å². The number of aliphatic hydroxyl groups excluding tert-OH is 1. The molecule has 0 aliphatic heterocycles. The van der Waals surface area contributed by atoms with Gasteiger partial charge in [-0.15, -0.1) is 0 Å². The first-order valence-corrected chi connectivity index (χ1v) is 6.94. The van der Waals surface area contributed by atoms with Crippen LogP contribution in [-0.4, -0.2) is 34.2 Å². The molecule has 0 saturated heterocycles. The highest BCUT2D eigenvalue weighted by Crippen LogP contribution is 2.06. The second-order valence-corrected chi connectivity index (χ2v) is 4.98. The normalized spacial score (nSPS) is 12.9. The first-order valence-electron chi connectivity index (χ1n) is 6.94. The lowest BCUT2D eigenvalue weighted by atomic mass is 10.1. The van der Waals surface area contributed by atoms with Crippen molar-refractivity contribution in [3.05, 3.63) is 29.6 Å². The molecule has 0 fully saturated rings. The molecule has 1 heterocycles.